The number of carbonyl (C=O) groups excluding carboxylic acids is 1. The average molecular weight is 341 g/mol. The van der Waals surface area contributed by atoms with Crippen molar-refractivity contribution in [3.8, 4) is 11.5 Å². The summed E-state index contributed by atoms with van der Waals surface area (Å²) in [6, 6.07) is 16.1. The van der Waals surface area contributed by atoms with E-state index in [0.29, 0.717) is 17.1 Å². The van der Waals surface area contributed by atoms with Crippen molar-refractivity contribution >= 4 is 11.9 Å². The van der Waals surface area contributed by atoms with E-state index in [1.807, 2.05) is 30.3 Å². The first-order valence-corrected chi connectivity index (χ1v) is 8.06. The molecule has 3 rings (SSSR count). The SMILES string of the molecule is O=C(c1cccc(Oc2ccccc2)c1)N1CCC(O)(C(=O)O)CC1. The molecule has 1 saturated heterocycles. The van der Waals surface area contributed by atoms with Gasteiger partial charge in [-0.05, 0) is 30.3 Å². The Balaban J connectivity index is 1.69. The van der Waals surface area contributed by atoms with E-state index < -0.39 is 11.6 Å². The lowest BCUT2D eigenvalue weighted by Gasteiger charge is -2.35. The third kappa shape index (κ3) is 3.80. The first-order chi connectivity index (χ1) is 12.0. The maximum Gasteiger partial charge on any atom is 0.335 e. The third-order valence-electron chi connectivity index (χ3n) is 4.34. The first kappa shape index (κ1) is 17.0. The maximum absolute atomic E-state index is 12.6. The molecule has 0 atom stereocenters. The monoisotopic (exact) mass is 341 g/mol. The van der Waals surface area contributed by atoms with Crippen LogP contribution in [0.5, 0.6) is 11.5 Å². The molecule has 1 heterocycles. The highest BCUT2D eigenvalue weighted by atomic mass is 16.5. The van der Waals surface area contributed by atoms with Crippen LogP contribution in [0.3, 0.4) is 0 Å². The van der Waals surface area contributed by atoms with Gasteiger partial charge in [-0.1, -0.05) is 24.3 Å². The molecular formula is C19H19NO5. The minimum absolute atomic E-state index is 0.0221. The number of piperidine rings is 1. The van der Waals surface area contributed by atoms with Gasteiger partial charge in [0.2, 0.25) is 0 Å². The number of carbonyl (C=O) groups is 2. The molecule has 0 spiro atoms. The van der Waals surface area contributed by atoms with Gasteiger partial charge in [-0.15, -0.1) is 0 Å². The highest BCUT2D eigenvalue weighted by molar-refractivity contribution is 5.95. The Morgan fingerprint density at radius 3 is 2.24 bits per heavy atom. The lowest BCUT2D eigenvalue weighted by molar-refractivity contribution is -0.162. The molecule has 1 fully saturated rings. The summed E-state index contributed by atoms with van der Waals surface area (Å²) in [6.45, 7) is 0.400. The summed E-state index contributed by atoms with van der Waals surface area (Å²) in [5.74, 6) is -0.212. The molecule has 1 aliphatic rings. The van der Waals surface area contributed by atoms with Crippen LogP contribution in [-0.4, -0.2) is 45.7 Å². The van der Waals surface area contributed by atoms with E-state index in [1.165, 1.54) is 0 Å². The van der Waals surface area contributed by atoms with Crippen LogP contribution in [0.4, 0.5) is 0 Å². The minimum Gasteiger partial charge on any atom is -0.479 e. The second-order valence-corrected chi connectivity index (χ2v) is 6.07. The van der Waals surface area contributed by atoms with Crippen molar-refractivity contribution in [2.45, 2.75) is 18.4 Å². The second kappa shape index (κ2) is 6.94. The molecule has 2 aromatic rings. The van der Waals surface area contributed by atoms with Gasteiger partial charge >= 0.3 is 5.97 Å². The van der Waals surface area contributed by atoms with Gasteiger partial charge in [0.15, 0.2) is 5.60 Å². The minimum atomic E-state index is -1.74. The van der Waals surface area contributed by atoms with Gasteiger partial charge in [0.25, 0.3) is 5.91 Å². The number of aliphatic carboxylic acids is 1. The molecule has 6 heteroatoms. The van der Waals surface area contributed by atoms with E-state index in [2.05, 4.69) is 0 Å². The normalized spacial score (nSPS) is 16.3. The lowest BCUT2D eigenvalue weighted by atomic mass is 9.91. The fourth-order valence-corrected chi connectivity index (χ4v) is 2.79. The zero-order chi connectivity index (χ0) is 17.9. The molecule has 0 saturated carbocycles. The van der Waals surface area contributed by atoms with Gasteiger partial charge in [0.05, 0.1) is 0 Å². The summed E-state index contributed by atoms with van der Waals surface area (Å²) in [5.41, 5.74) is -1.27. The van der Waals surface area contributed by atoms with Crippen molar-refractivity contribution in [1.82, 2.24) is 4.90 Å². The van der Waals surface area contributed by atoms with Crippen LogP contribution in [0.2, 0.25) is 0 Å². The van der Waals surface area contributed by atoms with Crippen LogP contribution < -0.4 is 4.74 Å². The molecule has 1 amide bonds. The van der Waals surface area contributed by atoms with Gasteiger partial charge < -0.3 is 19.8 Å². The average Bonchev–Trinajstić information content (AvgIpc) is 2.63. The summed E-state index contributed by atoms with van der Waals surface area (Å²) in [5, 5.41) is 19.0. The summed E-state index contributed by atoms with van der Waals surface area (Å²) >= 11 is 0. The molecule has 0 aromatic heterocycles. The largest absolute Gasteiger partial charge is 0.479 e. The Kier molecular flexibility index (Phi) is 4.72. The van der Waals surface area contributed by atoms with Crippen molar-refractivity contribution in [1.29, 1.82) is 0 Å². The standard InChI is InChI=1S/C19H19NO5/c21-17(20-11-9-19(24,10-12-20)18(22)23)14-5-4-8-16(13-14)25-15-6-2-1-3-7-15/h1-8,13,24H,9-12H2,(H,22,23). The fourth-order valence-electron chi connectivity index (χ4n) is 2.79. The number of aliphatic hydroxyl groups is 1. The molecule has 0 radical (unpaired) electrons. The summed E-state index contributed by atoms with van der Waals surface area (Å²) in [7, 11) is 0. The Hall–Kier alpha value is -2.86. The van der Waals surface area contributed by atoms with E-state index in [1.54, 1.807) is 29.2 Å². The van der Waals surface area contributed by atoms with Crippen LogP contribution in [0, 0.1) is 0 Å². The number of nitrogens with zero attached hydrogens (tertiary/aromatic N) is 1. The van der Waals surface area contributed by atoms with E-state index in [-0.39, 0.29) is 31.8 Å². The maximum atomic E-state index is 12.6. The van der Waals surface area contributed by atoms with E-state index >= 15 is 0 Å². The zero-order valence-corrected chi connectivity index (χ0v) is 13.6. The van der Waals surface area contributed by atoms with Crippen molar-refractivity contribution < 1.29 is 24.5 Å². The van der Waals surface area contributed by atoms with Crippen molar-refractivity contribution in [2.24, 2.45) is 0 Å². The number of carboxylic acid groups (broad SMARTS) is 1. The third-order valence-corrected chi connectivity index (χ3v) is 4.34. The summed E-state index contributed by atoms with van der Waals surface area (Å²) < 4.78 is 5.73. The molecule has 0 bridgehead atoms. The molecule has 25 heavy (non-hydrogen) atoms. The van der Waals surface area contributed by atoms with Crippen LogP contribution in [-0.2, 0) is 4.79 Å². The molecule has 1 aliphatic heterocycles. The Morgan fingerprint density at radius 2 is 1.60 bits per heavy atom. The number of rotatable bonds is 4. The molecule has 6 nitrogen and oxygen atoms in total. The number of para-hydroxylation sites is 1. The number of benzene rings is 2. The molecule has 2 aromatic carbocycles. The lowest BCUT2D eigenvalue weighted by Crippen LogP contribution is -2.50. The number of ether oxygens (including phenoxy) is 1. The van der Waals surface area contributed by atoms with Crippen LogP contribution in [0.15, 0.2) is 54.6 Å². The van der Waals surface area contributed by atoms with Gasteiger partial charge in [0.1, 0.15) is 11.5 Å². The molecule has 0 unspecified atom stereocenters. The van der Waals surface area contributed by atoms with Gasteiger partial charge in [-0.25, -0.2) is 4.79 Å². The first-order valence-electron chi connectivity index (χ1n) is 8.06. The molecular weight excluding hydrogens is 322 g/mol. The van der Waals surface area contributed by atoms with Gasteiger partial charge in [0, 0.05) is 31.5 Å². The van der Waals surface area contributed by atoms with Crippen LogP contribution in [0.1, 0.15) is 23.2 Å². The second-order valence-electron chi connectivity index (χ2n) is 6.07. The summed E-state index contributed by atoms with van der Waals surface area (Å²) in [6.07, 6.45) is 0.0442. The Bertz CT molecular complexity index is 766. The highest BCUT2D eigenvalue weighted by Crippen LogP contribution is 2.26. The predicted molar refractivity (Wildman–Crippen MR) is 90.7 cm³/mol. The zero-order valence-electron chi connectivity index (χ0n) is 13.6. The van der Waals surface area contributed by atoms with E-state index in [0.717, 1.165) is 0 Å². The number of hydrogen-bond donors (Lipinski definition) is 2. The van der Waals surface area contributed by atoms with Crippen molar-refractivity contribution in [3.63, 3.8) is 0 Å². The number of amides is 1. The topological polar surface area (TPSA) is 87.1 Å². The number of carboxylic acids is 1. The highest BCUT2D eigenvalue weighted by Gasteiger charge is 2.40. The number of hydrogen-bond acceptors (Lipinski definition) is 4. The predicted octanol–water partition coefficient (Wildman–Crippen LogP) is 2.53. The van der Waals surface area contributed by atoms with Crippen molar-refractivity contribution in [3.05, 3.63) is 60.2 Å². The Labute approximate surface area is 145 Å². The quantitative estimate of drug-likeness (QED) is 0.892. The molecule has 2 N–H and O–H groups in total. The van der Waals surface area contributed by atoms with E-state index in [4.69, 9.17) is 9.84 Å². The van der Waals surface area contributed by atoms with Crippen LogP contribution in [0.25, 0.3) is 0 Å². The van der Waals surface area contributed by atoms with Crippen molar-refractivity contribution in [2.75, 3.05) is 13.1 Å². The number of likely N-dealkylation sites (tertiary alicyclic amines) is 1. The van der Waals surface area contributed by atoms with Gasteiger partial charge in [-0.2, -0.15) is 0 Å². The molecule has 130 valence electrons. The van der Waals surface area contributed by atoms with Crippen LogP contribution >= 0.6 is 0 Å². The smallest absolute Gasteiger partial charge is 0.335 e. The summed E-state index contributed by atoms with van der Waals surface area (Å²) in [4.78, 5) is 25.3. The van der Waals surface area contributed by atoms with E-state index in [9.17, 15) is 14.7 Å². The van der Waals surface area contributed by atoms with Gasteiger partial charge in [-0.3, -0.25) is 4.79 Å². The fraction of sp³-hybridized carbons (Fsp3) is 0.263. The Morgan fingerprint density at radius 1 is 0.960 bits per heavy atom. The molecule has 0 aliphatic carbocycles.